The van der Waals surface area contributed by atoms with Gasteiger partial charge in [0, 0.05) is 31.1 Å². The van der Waals surface area contributed by atoms with Crippen LogP contribution in [0.25, 0.3) is 0 Å². The SMILES string of the molecule is c1ncc(N2CCC3(CCNC3)C2)cc1OC1CCCC1. The van der Waals surface area contributed by atoms with Crippen LogP contribution in [0.15, 0.2) is 18.5 Å². The third kappa shape index (κ3) is 2.73. The minimum absolute atomic E-state index is 0.408. The summed E-state index contributed by atoms with van der Waals surface area (Å²) in [4.78, 5) is 6.89. The molecule has 4 heteroatoms. The van der Waals surface area contributed by atoms with E-state index in [1.165, 1.54) is 57.3 Å². The molecule has 114 valence electrons. The van der Waals surface area contributed by atoms with Crippen molar-refractivity contribution in [3.8, 4) is 5.75 Å². The highest BCUT2D eigenvalue weighted by Crippen LogP contribution is 2.38. The Morgan fingerprint density at radius 2 is 2.14 bits per heavy atom. The number of anilines is 1. The Morgan fingerprint density at radius 1 is 1.24 bits per heavy atom. The van der Waals surface area contributed by atoms with Crippen LogP contribution in [-0.2, 0) is 0 Å². The molecule has 4 rings (SSSR count). The lowest BCUT2D eigenvalue weighted by Gasteiger charge is -2.24. The Bertz CT molecular complexity index is 493. The molecule has 0 radical (unpaired) electrons. The van der Waals surface area contributed by atoms with E-state index < -0.39 is 0 Å². The Balaban J connectivity index is 1.45. The second-order valence-electron chi connectivity index (χ2n) is 7.00. The molecule has 0 aromatic carbocycles. The third-order valence-corrected chi connectivity index (χ3v) is 5.44. The molecule has 3 heterocycles. The van der Waals surface area contributed by atoms with Gasteiger partial charge in [0.25, 0.3) is 0 Å². The summed E-state index contributed by atoms with van der Waals surface area (Å²) in [5, 5.41) is 3.52. The van der Waals surface area contributed by atoms with Crippen molar-refractivity contribution in [2.75, 3.05) is 31.1 Å². The zero-order valence-corrected chi connectivity index (χ0v) is 12.7. The first-order valence-electron chi connectivity index (χ1n) is 8.40. The summed E-state index contributed by atoms with van der Waals surface area (Å²) < 4.78 is 6.09. The molecule has 1 N–H and O–H groups in total. The van der Waals surface area contributed by atoms with Gasteiger partial charge in [-0.1, -0.05) is 0 Å². The lowest BCUT2D eigenvalue weighted by molar-refractivity contribution is 0.209. The number of hydrogen-bond acceptors (Lipinski definition) is 4. The highest BCUT2D eigenvalue weighted by molar-refractivity contribution is 5.49. The summed E-state index contributed by atoms with van der Waals surface area (Å²) in [7, 11) is 0. The van der Waals surface area contributed by atoms with Gasteiger partial charge in [-0.3, -0.25) is 4.98 Å². The van der Waals surface area contributed by atoms with E-state index in [4.69, 9.17) is 4.74 Å². The monoisotopic (exact) mass is 287 g/mol. The minimum atomic E-state index is 0.408. The maximum Gasteiger partial charge on any atom is 0.140 e. The molecule has 1 aliphatic carbocycles. The van der Waals surface area contributed by atoms with Gasteiger partial charge in [0.15, 0.2) is 0 Å². The van der Waals surface area contributed by atoms with Gasteiger partial charge in [0.1, 0.15) is 5.75 Å². The van der Waals surface area contributed by atoms with Crippen LogP contribution in [0.4, 0.5) is 5.69 Å². The van der Waals surface area contributed by atoms with Gasteiger partial charge < -0.3 is 15.0 Å². The second kappa shape index (κ2) is 5.48. The zero-order chi connectivity index (χ0) is 14.1. The van der Waals surface area contributed by atoms with E-state index in [2.05, 4.69) is 21.3 Å². The first kappa shape index (κ1) is 13.4. The average molecular weight is 287 g/mol. The highest BCUT2D eigenvalue weighted by atomic mass is 16.5. The standard InChI is InChI=1S/C17H25N3O/c1-2-4-15(3-1)21-16-9-14(10-19-11-16)20-8-6-17(13-20)5-7-18-12-17/h9-11,15,18H,1-8,12-13H2. The van der Waals surface area contributed by atoms with Crippen molar-refractivity contribution in [3.63, 3.8) is 0 Å². The number of hydrogen-bond donors (Lipinski definition) is 1. The Labute approximate surface area is 126 Å². The van der Waals surface area contributed by atoms with Crippen molar-refractivity contribution >= 4 is 5.69 Å². The molecular weight excluding hydrogens is 262 g/mol. The summed E-state index contributed by atoms with van der Waals surface area (Å²) in [6.45, 7) is 4.66. The first-order chi connectivity index (χ1) is 10.3. The molecule has 1 spiro atoms. The number of ether oxygens (including phenoxy) is 1. The van der Waals surface area contributed by atoms with Crippen molar-refractivity contribution in [2.45, 2.75) is 44.6 Å². The summed E-state index contributed by atoms with van der Waals surface area (Å²) in [5.74, 6) is 0.949. The Morgan fingerprint density at radius 3 is 2.95 bits per heavy atom. The smallest absolute Gasteiger partial charge is 0.140 e. The average Bonchev–Trinajstić information content (AvgIpc) is 3.24. The molecule has 1 saturated carbocycles. The lowest BCUT2D eigenvalue weighted by Crippen LogP contribution is -2.29. The van der Waals surface area contributed by atoms with Crippen LogP contribution >= 0.6 is 0 Å². The number of nitrogens with one attached hydrogen (secondary N) is 1. The second-order valence-corrected chi connectivity index (χ2v) is 7.00. The zero-order valence-electron chi connectivity index (χ0n) is 12.7. The van der Waals surface area contributed by atoms with E-state index >= 15 is 0 Å². The van der Waals surface area contributed by atoms with Crippen molar-refractivity contribution in [1.82, 2.24) is 10.3 Å². The normalized spacial score (nSPS) is 29.6. The fourth-order valence-electron chi connectivity index (χ4n) is 4.14. The van der Waals surface area contributed by atoms with E-state index in [1.807, 2.05) is 12.4 Å². The van der Waals surface area contributed by atoms with E-state index in [1.54, 1.807) is 0 Å². The topological polar surface area (TPSA) is 37.4 Å². The van der Waals surface area contributed by atoms with Crippen LogP contribution < -0.4 is 15.0 Å². The predicted octanol–water partition coefficient (Wildman–Crippen LogP) is 2.59. The molecule has 2 saturated heterocycles. The van der Waals surface area contributed by atoms with Crippen LogP contribution in [0.5, 0.6) is 5.75 Å². The van der Waals surface area contributed by atoms with Gasteiger partial charge in [0.2, 0.25) is 0 Å². The third-order valence-electron chi connectivity index (χ3n) is 5.44. The molecule has 3 aliphatic rings. The van der Waals surface area contributed by atoms with Gasteiger partial charge in [-0.05, 0) is 45.1 Å². The fourth-order valence-corrected chi connectivity index (χ4v) is 4.14. The molecule has 1 unspecified atom stereocenters. The van der Waals surface area contributed by atoms with E-state index in [-0.39, 0.29) is 0 Å². The van der Waals surface area contributed by atoms with Crippen LogP contribution in [0, 0.1) is 5.41 Å². The van der Waals surface area contributed by atoms with Gasteiger partial charge >= 0.3 is 0 Å². The molecule has 1 aromatic rings. The van der Waals surface area contributed by atoms with Gasteiger partial charge in [0.05, 0.1) is 24.2 Å². The molecule has 3 fully saturated rings. The van der Waals surface area contributed by atoms with Crippen molar-refractivity contribution in [3.05, 3.63) is 18.5 Å². The van der Waals surface area contributed by atoms with Gasteiger partial charge in [-0.25, -0.2) is 0 Å². The van der Waals surface area contributed by atoms with Crippen molar-refractivity contribution in [1.29, 1.82) is 0 Å². The van der Waals surface area contributed by atoms with Crippen molar-refractivity contribution in [2.24, 2.45) is 5.41 Å². The Hall–Kier alpha value is -1.29. The molecule has 2 aliphatic heterocycles. The van der Waals surface area contributed by atoms with Crippen LogP contribution in [0.2, 0.25) is 0 Å². The van der Waals surface area contributed by atoms with Crippen LogP contribution in [-0.4, -0.2) is 37.3 Å². The molecule has 0 bridgehead atoms. The van der Waals surface area contributed by atoms with Crippen molar-refractivity contribution < 1.29 is 4.74 Å². The van der Waals surface area contributed by atoms with Gasteiger partial charge in [-0.2, -0.15) is 0 Å². The maximum absolute atomic E-state index is 6.09. The molecular formula is C17H25N3O. The quantitative estimate of drug-likeness (QED) is 0.927. The largest absolute Gasteiger partial charge is 0.489 e. The first-order valence-corrected chi connectivity index (χ1v) is 8.40. The lowest BCUT2D eigenvalue weighted by atomic mass is 9.86. The van der Waals surface area contributed by atoms with E-state index in [9.17, 15) is 0 Å². The number of rotatable bonds is 3. The van der Waals surface area contributed by atoms with Gasteiger partial charge in [-0.15, -0.1) is 0 Å². The summed E-state index contributed by atoms with van der Waals surface area (Å²) in [6, 6.07) is 2.19. The summed E-state index contributed by atoms with van der Waals surface area (Å²) in [6.07, 6.45) is 11.9. The molecule has 21 heavy (non-hydrogen) atoms. The fraction of sp³-hybridized carbons (Fsp3) is 0.706. The maximum atomic E-state index is 6.09. The number of pyridine rings is 1. The summed E-state index contributed by atoms with van der Waals surface area (Å²) in [5.41, 5.74) is 1.73. The molecule has 1 atom stereocenters. The molecule has 4 nitrogen and oxygen atoms in total. The van der Waals surface area contributed by atoms with E-state index in [0.717, 1.165) is 18.8 Å². The highest BCUT2D eigenvalue weighted by Gasteiger charge is 2.40. The van der Waals surface area contributed by atoms with Crippen LogP contribution in [0.1, 0.15) is 38.5 Å². The predicted molar refractivity (Wildman–Crippen MR) is 83.9 cm³/mol. The van der Waals surface area contributed by atoms with Crippen LogP contribution in [0.3, 0.4) is 0 Å². The minimum Gasteiger partial charge on any atom is -0.489 e. The van der Waals surface area contributed by atoms with E-state index in [0.29, 0.717) is 11.5 Å². The molecule has 0 amide bonds. The number of aromatic nitrogens is 1. The Kier molecular flexibility index (Phi) is 3.49. The summed E-state index contributed by atoms with van der Waals surface area (Å²) >= 11 is 0. The number of nitrogens with zero attached hydrogens (tertiary/aromatic N) is 2. The molecule has 1 aromatic heterocycles.